The van der Waals surface area contributed by atoms with Crippen LogP contribution in [0.25, 0.3) is 0 Å². The number of aryl methyl sites for hydroxylation is 2. The zero-order chi connectivity index (χ0) is 33.3. The summed E-state index contributed by atoms with van der Waals surface area (Å²) in [5, 5.41) is 11.4. The van der Waals surface area contributed by atoms with Crippen LogP contribution in [0.2, 0.25) is 0 Å². The third-order valence-corrected chi connectivity index (χ3v) is 11.6. The lowest BCUT2D eigenvalue weighted by Crippen LogP contribution is -2.52. The number of nitrogens with zero attached hydrogens (tertiary/aromatic N) is 5. The number of methoxy groups -OCH3 is 1. The highest BCUT2D eigenvalue weighted by Crippen LogP contribution is 2.44. The number of likely N-dealkylation sites (N-methyl/N-ethyl adjacent to an activating group) is 1. The van der Waals surface area contributed by atoms with Gasteiger partial charge in [-0.1, -0.05) is 19.9 Å². The molecule has 11 heteroatoms. The highest BCUT2D eigenvalue weighted by atomic mass is 31.2. The summed E-state index contributed by atoms with van der Waals surface area (Å²) in [5.74, 6) is 2.14. The number of rotatable bonds is 9. The van der Waals surface area contributed by atoms with Crippen LogP contribution in [0.1, 0.15) is 55.7 Å². The number of ether oxygens (including phenoxy) is 1. The Morgan fingerprint density at radius 2 is 1.77 bits per heavy atom. The minimum Gasteiger partial charge on any atom is -0.494 e. The number of hydrogen-bond donors (Lipinski definition) is 3. The molecule has 4 heterocycles. The van der Waals surface area contributed by atoms with Crippen molar-refractivity contribution in [2.24, 2.45) is 0 Å². The summed E-state index contributed by atoms with van der Waals surface area (Å²) in [5.41, 5.74) is 7.29. The molecular formula is C36H53N8O2P. The molecule has 3 aliphatic rings. The normalized spacial score (nSPS) is 18.2. The summed E-state index contributed by atoms with van der Waals surface area (Å²) in [6.07, 6.45) is 6.32. The maximum atomic E-state index is 13.6. The zero-order valence-corrected chi connectivity index (χ0v) is 30.2. The summed E-state index contributed by atoms with van der Waals surface area (Å²) in [4.78, 5) is 17.3. The maximum absolute atomic E-state index is 13.6. The smallest absolute Gasteiger partial charge is 0.229 e. The van der Waals surface area contributed by atoms with Crippen molar-refractivity contribution >= 4 is 47.0 Å². The van der Waals surface area contributed by atoms with Gasteiger partial charge in [0.2, 0.25) is 5.95 Å². The second-order valence-electron chi connectivity index (χ2n) is 14.2. The molecule has 0 spiro atoms. The van der Waals surface area contributed by atoms with Gasteiger partial charge in [0.25, 0.3) is 0 Å². The molecule has 2 saturated heterocycles. The molecule has 0 atom stereocenters. The van der Waals surface area contributed by atoms with E-state index in [4.69, 9.17) is 14.7 Å². The molecule has 3 aromatic rings. The Morgan fingerprint density at radius 1 is 1.02 bits per heavy atom. The molecule has 0 aliphatic carbocycles. The Balaban J connectivity index is 1.23. The van der Waals surface area contributed by atoms with E-state index >= 15 is 0 Å². The van der Waals surface area contributed by atoms with E-state index in [1.165, 1.54) is 55.8 Å². The summed E-state index contributed by atoms with van der Waals surface area (Å²) in [7, 11) is 1.32. The average Bonchev–Trinajstić information content (AvgIpc) is 3.05. The average molecular weight is 661 g/mol. The van der Waals surface area contributed by atoms with Crippen molar-refractivity contribution in [3.05, 3.63) is 47.2 Å². The van der Waals surface area contributed by atoms with Gasteiger partial charge >= 0.3 is 0 Å². The topological polar surface area (TPSA) is 97.9 Å². The molecule has 0 saturated carbocycles. The second kappa shape index (κ2) is 14.0. The molecule has 47 heavy (non-hydrogen) atoms. The molecule has 1 aromatic heterocycles. The fourth-order valence-corrected chi connectivity index (χ4v) is 8.83. The minimum absolute atomic E-state index is 0.192. The molecule has 0 radical (unpaired) electrons. The second-order valence-corrected chi connectivity index (χ2v) is 17.3. The molecule has 3 aliphatic heterocycles. The molecule has 0 bridgehead atoms. The van der Waals surface area contributed by atoms with Gasteiger partial charge in [-0.05, 0) is 82.2 Å². The fraction of sp³-hybridized carbons (Fsp3) is 0.556. The van der Waals surface area contributed by atoms with Crippen molar-refractivity contribution in [2.75, 3.05) is 94.2 Å². The zero-order valence-electron chi connectivity index (χ0n) is 29.3. The van der Waals surface area contributed by atoms with Crippen LogP contribution in [-0.2, 0) is 11.0 Å². The summed E-state index contributed by atoms with van der Waals surface area (Å²) >= 11 is 0. The van der Waals surface area contributed by atoms with E-state index in [0.717, 1.165) is 66.2 Å². The van der Waals surface area contributed by atoms with E-state index in [9.17, 15) is 4.57 Å². The van der Waals surface area contributed by atoms with Gasteiger partial charge in [0.05, 0.1) is 29.5 Å². The Kier molecular flexibility index (Phi) is 10.0. The lowest BCUT2D eigenvalue weighted by Gasteiger charge is -2.43. The van der Waals surface area contributed by atoms with Crippen molar-refractivity contribution < 1.29 is 9.30 Å². The number of benzene rings is 2. The Bertz CT molecular complexity index is 1620. The van der Waals surface area contributed by atoms with Crippen LogP contribution >= 0.6 is 7.14 Å². The number of anilines is 6. The molecule has 2 fully saturated rings. The molecule has 0 unspecified atom stereocenters. The van der Waals surface area contributed by atoms with Crippen molar-refractivity contribution in [1.29, 1.82) is 0 Å². The number of piperidine rings is 1. The van der Waals surface area contributed by atoms with Crippen molar-refractivity contribution in [3.63, 3.8) is 0 Å². The van der Waals surface area contributed by atoms with Crippen LogP contribution in [0, 0.1) is 6.92 Å². The van der Waals surface area contributed by atoms with Crippen molar-refractivity contribution in [2.45, 2.75) is 58.4 Å². The van der Waals surface area contributed by atoms with Crippen molar-refractivity contribution in [3.8, 4) is 5.75 Å². The summed E-state index contributed by atoms with van der Waals surface area (Å²) in [6, 6.07) is 9.17. The lowest BCUT2D eigenvalue weighted by molar-refractivity contribution is 0.0982. The lowest BCUT2D eigenvalue weighted by atomic mass is 10.0. The number of aromatic nitrogens is 2. The van der Waals surface area contributed by atoms with Crippen LogP contribution in [0.4, 0.5) is 34.5 Å². The van der Waals surface area contributed by atoms with Crippen LogP contribution in [0.3, 0.4) is 0 Å². The Morgan fingerprint density at radius 3 is 2.45 bits per heavy atom. The standard InChI is InChI=1S/C36H53N8O2P/c1-24(2)28-23-38-36(41-35(28)39-29-11-10-26-9-8-14-37-33(26)34(29)47(6,7)45)40-30-21-25(3)31(22-32(30)46-5)44-15-12-27(13-16-44)43-19-17-42(4)18-20-43/h10-11,21-24,27,37H,8-9,12-20H2,1-7H3,(H2,38,39,40,41). The van der Waals surface area contributed by atoms with E-state index in [1.54, 1.807) is 7.11 Å². The van der Waals surface area contributed by atoms with Crippen molar-refractivity contribution in [1.82, 2.24) is 19.8 Å². The Hall–Kier alpha value is -3.33. The maximum Gasteiger partial charge on any atom is 0.229 e. The Labute approximate surface area is 281 Å². The largest absolute Gasteiger partial charge is 0.494 e. The van der Waals surface area contributed by atoms with E-state index in [-0.39, 0.29) is 5.92 Å². The quantitative estimate of drug-likeness (QED) is 0.229. The van der Waals surface area contributed by atoms with Gasteiger partial charge in [-0.15, -0.1) is 0 Å². The van der Waals surface area contributed by atoms with Gasteiger partial charge in [0, 0.05) is 75.4 Å². The predicted molar refractivity (Wildman–Crippen MR) is 197 cm³/mol. The van der Waals surface area contributed by atoms with E-state index in [1.807, 2.05) is 19.5 Å². The third kappa shape index (κ3) is 7.40. The molecule has 10 nitrogen and oxygen atoms in total. The number of piperazine rings is 1. The highest BCUT2D eigenvalue weighted by Gasteiger charge is 2.29. The van der Waals surface area contributed by atoms with Gasteiger partial charge < -0.3 is 35.1 Å². The highest BCUT2D eigenvalue weighted by molar-refractivity contribution is 7.70. The van der Waals surface area contributed by atoms with Gasteiger partial charge in [0.15, 0.2) is 0 Å². The monoisotopic (exact) mass is 660 g/mol. The van der Waals surface area contributed by atoms with E-state index in [0.29, 0.717) is 17.8 Å². The first-order valence-corrected chi connectivity index (χ1v) is 19.8. The first kappa shape index (κ1) is 33.6. The van der Waals surface area contributed by atoms with Gasteiger partial charge in [-0.3, -0.25) is 4.90 Å². The van der Waals surface area contributed by atoms with E-state index < -0.39 is 7.14 Å². The SMILES string of the molecule is COc1cc(N2CCC(N3CCN(C)CC3)CC2)c(C)cc1Nc1ncc(C(C)C)c(Nc2ccc3c(c2P(C)(C)=O)NCCC3)n1. The van der Waals surface area contributed by atoms with Crippen LogP contribution in [-0.4, -0.2) is 99.1 Å². The molecular weight excluding hydrogens is 607 g/mol. The summed E-state index contributed by atoms with van der Waals surface area (Å²) in [6.45, 7) is 17.8. The number of hydrogen-bond acceptors (Lipinski definition) is 10. The number of fused-ring (bicyclic) bond motifs is 1. The molecule has 6 rings (SSSR count). The van der Waals surface area contributed by atoms with Gasteiger partial charge in [0.1, 0.15) is 18.7 Å². The van der Waals surface area contributed by atoms with Crippen LogP contribution < -0.4 is 30.9 Å². The molecule has 3 N–H and O–H groups in total. The van der Waals surface area contributed by atoms with Crippen LogP contribution in [0.15, 0.2) is 30.5 Å². The first-order valence-electron chi connectivity index (χ1n) is 17.2. The predicted octanol–water partition coefficient (Wildman–Crippen LogP) is 6.23. The molecule has 254 valence electrons. The van der Waals surface area contributed by atoms with Crippen LogP contribution in [0.5, 0.6) is 5.75 Å². The molecule has 0 amide bonds. The first-order chi connectivity index (χ1) is 22.5. The van der Waals surface area contributed by atoms with Gasteiger partial charge in [-0.2, -0.15) is 4.98 Å². The molecule has 2 aromatic carbocycles. The minimum atomic E-state index is -2.61. The van der Waals surface area contributed by atoms with Gasteiger partial charge in [-0.25, -0.2) is 4.98 Å². The summed E-state index contributed by atoms with van der Waals surface area (Å²) < 4.78 is 19.5. The third-order valence-electron chi connectivity index (χ3n) is 10.0. The number of nitrogens with one attached hydrogen (secondary N) is 3. The fourth-order valence-electron chi connectivity index (χ4n) is 7.36. The van der Waals surface area contributed by atoms with E-state index in [2.05, 4.69) is 82.7 Å².